The van der Waals surface area contributed by atoms with Gasteiger partial charge in [0.25, 0.3) is 0 Å². The van der Waals surface area contributed by atoms with E-state index in [1.807, 2.05) is 36.4 Å². The van der Waals surface area contributed by atoms with Crippen LogP contribution in [0.15, 0.2) is 60.7 Å². The van der Waals surface area contributed by atoms with E-state index in [0.717, 1.165) is 12.1 Å². The molecule has 0 aliphatic heterocycles. The fourth-order valence-corrected chi connectivity index (χ4v) is 1.77. The molecule has 0 spiro atoms. The first-order chi connectivity index (χ1) is 8.40. The first-order valence-electron chi connectivity index (χ1n) is 5.75. The first kappa shape index (κ1) is 11.8. The van der Waals surface area contributed by atoms with Gasteiger partial charge in [-0.25, -0.2) is 0 Å². The molecule has 88 valence electrons. The Bertz CT molecular complexity index is 427. The normalized spacial score (nSPS) is 12.3. The van der Waals surface area contributed by atoms with Crippen LogP contribution in [0.2, 0.25) is 0 Å². The summed E-state index contributed by atoms with van der Waals surface area (Å²) in [6, 6.07) is 20.5. The Morgan fingerprint density at radius 2 is 1.53 bits per heavy atom. The average Bonchev–Trinajstić information content (AvgIpc) is 2.42. The predicted molar refractivity (Wildman–Crippen MR) is 69.5 cm³/mol. The third kappa shape index (κ3) is 3.41. The molecule has 0 heterocycles. The van der Waals surface area contributed by atoms with Crippen molar-refractivity contribution >= 4 is 0 Å². The van der Waals surface area contributed by atoms with E-state index >= 15 is 0 Å². The Hall–Kier alpha value is -1.64. The molecule has 2 nitrogen and oxygen atoms in total. The molecule has 0 amide bonds. The number of nitrogens with one attached hydrogen (secondary N) is 1. The predicted octanol–water partition coefficient (Wildman–Crippen LogP) is 3.12. The minimum atomic E-state index is -0.0589. The Morgan fingerprint density at radius 3 is 2.12 bits per heavy atom. The zero-order valence-electron chi connectivity index (χ0n) is 9.97. The summed E-state index contributed by atoms with van der Waals surface area (Å²) in [5, 5.41) is 3.38. The molecule has 0 aliphatic carbocycles. The highest BCUT2D eigenvalue weighted by molar-refractivity contribution is 5.18. The van der Waals surface area contributed by atoms with Crippen LogP contribution < -0.4 is 5.32 Å². The lowest BCUT2D eigenvalue weighted by Crippen LogP contribution is -2.22. The highest BCUT2D eigenvalue weighted by Gasteiger charge is 2.08. The topological polar surface area (TPSA) is 21.3 Å². The first-order valence-corrected chi connectivity index (χ1v) is 5.75. The molecule has 0 aromatic heterocycles. The Labute approximate surface area is 102 Å². The smallest absolute Gasteiger partial charge is 0.134 e. The lowest BCUT2D eigenvalue weighted by molar-refractivity contribution is 0.0721. The SMILES string of the molecule is CO[C@H](NCc1ccccc1)c1ccccc1. The van der Waals surface area contributed by atoms with Gasteiger partial charge in [-0.2, -0.15) is 0 Å². The van der Waals surface area contributed by atoms with Crippen molar-refractivity contribution in [1.29, 1.82) is 0 Å². The van der Waals surface area contributed by atoms with Gasteiger partial charge in [0.15, 0.2) is 0 Å². The number of hydrogen-bond donors (Lipinski definition) is 1. The third-order valence-corrected chi connectivity index (χ3v) is 2.67. The summed E-state index contributed by atoms with van der Waals surface area (Å²) >= 11 is 0. The van der Waals surface area contributed by atoms with Crippen molar-refractivity contribution in [3.05, 3.63) is 71.8 Å². The van der Waals surface area contributed by atoms with Crippen LogP contribution in [-0.4, -0.2) is 7.11 Å². The van der Waals surface area contributed by atoms with Crippen molar-refractivity contribution in [2.45, 2.75) is 12.8 Å². The fraction of sp³-hybridized carbons (Fsp3) is 0.200. The summed E-state index contributed by atoms with van der Waals surface area (Å²) in [6.07, 6.45) is -0.0589. The Kier molecular flexibility index (Phi) is 4.30. The van der Waals surface area contributed by atoms with E-state index in [0.29, 0.717) is 0 Å². The minimum absolute atomic E-state index is 0.0589. The summed E-state index contributed by atoms with van der Waals surface area (Å²) < 4.78 is 5.45. The van der Waals surface area contributed by atoms with Gasteiger partial charge in [0.2, 0.25) is 0 Å². The zero-order valence-corrected chi connectivity index (χ0v) is 9.97. The minimum Gasteiger partial charge on any atom is -0.362 e. The molecule has 0 radical (unpaired) electrons. The van der Waals surface area contributed by atoms with Crippen LogP contribution in [0.3, 0.4) is 0 Å². The fourth-order valence-electron chi connectivity index (χ4n) is 1.77. The molecular formula is C15H17NO. The monoisotopic (exact) mass is 227 g/mol. The van der Waals surface area contributed by atoms with Gasteiger partial charge >= 0.3 is 0 Å². The standard InChI is InChI=1S/C15H17NO/c1-17-15(14-10-6-3-7-11-14)16-12-13-8-4-2-5-9-13/h2-11,15-16H,12H2,1H3/t15-/m0/s1. The second-order valence-corrected chi connectivity index (χ2v) is 3.89. The van der Waals surface area contributed by atoms with Gasteiger partial charge in [-0.1, -0.05) is 60.7 Å². The highest BCUT2D eigenvalue weighted by Crippen LogP contribution is 2.13. The van der Waals surface area contributed by atoms with E-state index in [1.165, 1.54) is 5.56 Å². The van der Waals surface area contributed by atoms with Crippen molar-refractivity contribution in [1.82, 2.24) is 5.32 Å². The number of rotatable bonds is 5. The third-order valence-electron chi connectivity index (χ3n) is 2.67. The van der Waals surface area contributed by atoms with Gasteiger partial charge in [0.1, 0.15) is 6.23 Å². The van der Waals surface area contributed by atoms with Gasteiger partial charge in [0.05, 0.1) is 0 Å². The maximum atomic E-state index is 5.45. The van der Waals surface area contributed by atoms with Gasteiger partial charge in [-0.05, 0) is 11.1 Å². The Morgan fingerprint density at radius 1 is 0.941 bits per heavy atom. The van der Waals surface area contributed by atoms with E-state index in [4.69, 9.17) is 4.74 Å². The second-order valence-electron chi connectivity index (χ2n) is 3.89. The van der Waals surface area contributed by atoms with Crippen molar-refractivity contribution in [3.63, 3.8) is 0 Å². The zero-order chi connectivity index (χ0) is 11.9. The van der Waals surface area contributed by atoms with Crippen LogP contribution in [0.5, 0.6) is 0 Å². The quantitative estimate of drug-likeness (QED) is 0.792. The average molecular weight is 227 g/mol. The molecule has 2 aromatic carbocycles. The Balaban J connectivity index is 1.97. The molecule has 2 rings (SSSR count). The van der Waals surface area contributed by atoms with Crippen LogP contribution in [0.1, 0.15) is 17.4 Å². The second kappa shape index (κ2) is 6.18. The van der Waals surface area contributed by atoms with Crippen LogP contribution in [0.25, 0.3) is 0 Å². The van der Waals surface area contributed by atoms with E-state index in [2.05, 4.69) is 29.6 Å². The van der Waals surface area contributed by atoms with Crippen LogP contribution >= 0.6 is 0 Å². The molecule has 0 unspecified atom stereocenters. The molecule has 0 fully saturated rings. The largest absolute Gasteiger partial charge is 0.362 e. The van der Waals surface area contributed by atoms with Crippen molar-refractivity contribution < 1.29 is 4.74 Å². The molecule has 0 bridgehead atoms. The van der Waals surface area contributed by atoms with Crippen molar-refractivity contribution in [3.8, 4) is 0 Å². The molecule has 1 N–H and O–H groups in total. The van der Waals surface area contributed by atoms with E-state index < -0.39 is 0 Å². The van der Waals surface area contributed by atoms with Crippen LogP contribution in [0, 0.1) is 0 Å². The molecule has 1 atom stereocenters. The van der Waals surface area contributed by atoms with Crippen LogP contribution in [-0.2, 0) is 11.3 Å². The summed E-state index contributed by atoms with van der Waals surface area (Å²) in [5.41, 5.74) is 2.40. The summed E-state index contributed by atoms with van der Waals surface area (Å²) in [4.78, 5) is 0. The summed E-state index contributed by atoms with van der Waals surface area (Å²) in [6.45, 7) is 0.800. The maximum Gasteiger partial charge on any atom is 0.134 e. The number of ether oxygens (including phenoxy) is 1. The molecule has 17 heavy (non-hydrogen) atoms. The lowest BCUT2D eigenvalue weighted by atomic mass is 10.2. The molecule has 0 saturated carbocycles. The molecule has 0 saturated heterocycles. The van der Waals surface area contributed by atoms with E-state index in [-0.39, 0.29) is 6.23 Å². The summed E-state index contributed by atoms with van der Waals surface area (Å²) in [5.74, 6) is 0. The number of hydrogen-bond acceptors (Lipinski definition) is 2. The van der Waals surface area contributed by atoms with Crippen molar-refractivity contribution in [2.75, 3.05) is 7.11 Å². The van der Waals surface area contributed by atoms with Gasteiger partial charge in [-0.15, -0.1) is 0 Å². The molecule has 2 aromatic rings. The molecule has 2 heteroatoms. The van der Waals surface area contributed by atoms with E-state index in [9.17, 15) is 0 Å². The van der Waals surface area contributed by atoms with Crippen molar-refractivity contribution in [2.24, 2.45) is 0 Å². The van der Waals surface area contributed by atoms with Crippen LogP contribution in [0.4, 0.5) is 0 Å². The number of methoxy groups -OCH3 is 1. The lowest BCUT2D eigenvalue weighted by Gasteiger charge is -2.17. The number of benzene rings is 2. The maximum absolute atomic E-state index is 5.45. The highest BCUT2D eigenvalue weighted by atomic mass is 16.5. The van der Waals surface area contributed by atoms with E-state index in [1.54, 1.807) is 7.11 Å². The summed E-state index contributed by atoms with van der Waals surface area (Å²) in [7, 11) is 1.72. The van der Waals surface area contributed by atoms with Gasteiger partial charge in [0, 0.05) is 13.7 Å². The molecular weight excluding hydrogens is 210 g/mol. The molecule has 0 aliphatic rings. The van der Waals surface area contributed by atoms with Gasteiger partial charge < -0.3 is 4.74 Å². The van der Waals surface area contributed by atoms with Gasteiger partial charge in [-0.3, -0.25) is 5.32 Å².